The molecule has 6 heavy (non-hydrogen) atoms. The van der Waals surface area contributed by atoms with Crippen LogP contribution >= 0.6 is 8.60 Å². The van der Waals surface area contributed by atoms with Gasteiger partial charge in [-0.05, 0) is 0 Å². The molecule has 3 nitrogen and oxygen atoms in total. The Labute approximate surface area is 67.7 Å². The second kappa shape index (κ2) is 9.90. The predicted molar refractivity (Wildman–Crippen MR) is 32.1 cm³/mol. The van der Waals surface area contributed by atoms with Gasteiger partial charge in [0.25, 0.3) is 0 Å². The average molecular weight is 321 g/mol. The zero-order valence-corrected chi connectivity index (χ0v) is 8.89. The normalized spacial score (nSPS) is 6.00. The predicted octanol–water partition coefficient (Wildman–Crippen LogP) is -2.91. The summed E-state index contributed by atoms with van der Waals surface area (Å²) < 4.78 is 0. The summed E-state index contributed by atoms with van der Waals surface area (Å²) >= 11 is 0. The fourth-order valence-electron chi connectivity index (χ4n) is 0. The van der Waals surface area contributed by atoms with Crippen LogP contribution in [-0.2, 0) is 0 Å². The molecule has 2 radical (unpaired) electrons. The van der Waals surface area contributed by atoms with Gasteiger partial charge in [0, 0.05) is 0 Å². The van der Waals surface area contributed by atoms with Gasteiger partial charge in [0.2, 0.25) is 0 Å². The molecule has 0 aromatic heterocycles. The summed E-state index contributed by atoms with van der Waals surface area (Å²) in [5.74, 6) is 0. The van der Waals surface area contributed by atoms with E-state index >= 15 is 0 Å². The van der Waals surface area contributed by atoms with Gasteiger partial charge in [-0.3, -0.25) is 0 Å². The topological polar surface area (TPSA) is 60.7 Å². The van der Waals surface area contributed by atoms with Crippen LogP contribution in [0.4, 0.5) is 0 Å². The zero-order chi connectivity index (χ0) is 3.58. The van der Waals surface area contributed by atoms with Gasteiger partial charge in [-0.15, -0.1) is 0 Å². The van der Waals surface area contributed by atoms with Crippen molar-refractivity contribution in [2.24, 2.45) is 0 Å². The second-order valence-electron chi connectivity index (χ2n) is 0.268. The molecule has 38 valence electrons. The minimum atomic E-state index is -2.62. The van der Waals surface area contributed by atoms with E-state index in [-0.39, 0.29) is 44.7 Å². The van der Waals surface area contributed by atoms with E-state index in [0.717, 1.165) is 0 Å². The first-order chi connectivity index (χ1) is 1.73. The number of hydrogen-bond donors (Lipinski definition) is 3. The van der Waals surface area contributed by atoms with E-state index in [1.807, 2.05) is 0 Å². The third kappa shape index (κ3) is 42.0. The molecule has 0 saturated carbocycles. The van der Waals surface area contributed by atoms with Crippen molar-refractivity contribution in [2.45, 2.75) is 0 Å². The van der Waals surface area contributed by atoms with Crippen molar-refractivity contribution in [1.82, 2.24) is 0 Å². The Hall–Kier alpha value is 1.76. The van der Waals surface area contributed by atoms with Crippen LogP contribution in [0, 0.1) is 0 Å². The van der Waals surface area contributed by atoms with Gasteiger partial charge in [0.15, 0.2) is 17.4 Å². The molecule has 0 atom stereocenters. The molecule has 0 amide bonds. The molecule has 0 aliphatic heterocycles. The van der Waals surface area contributed by atoms with E-state index in [9.17, 15) is 0 Å². The van der Waals surface area contributed by atoms with E-state index in [1.165, 1.54) is 0 Å². The molecule has 0 aromatic carbocycles. The zero-order valence-electron chi connectivity index (χ0n) is 2.50. The van der Waals surface area contributed by atoms with Crippen LogP contribution in [0.3, 0.4) is 0 Å². The molecule has 0 aromatic rings. The Morgan fingerprint density at radius 3 is 1.00 bits per heavy atom. The van der Waals surface area contributed by atoms with Gasteiger partial charge in [0.05, 0.1) is 0 Å². The summed E-state index contributed by atoms with van der Waals surface area (Å²) in [5.41, 5.74) is 0. The Morgan fingerprint density at radius 2 is 1.00 bits per heavy atom. The Kier molecular flexibility index (Phi) is 25.8. The number of rotatable bonds is 0. The molecule has 0 spiro atoms. The SMILES string of the molecule is OP(O)O.[AlH3].[PbH2]. The second-order valence-corrected chi connectivity index (χ2v) is 0.805. The number of hydrogen-bond acceptors (Lipinski definition) is 3. The molecule has 0 fully saturated rings. The first-order valence-corrected chi connectivity index (χ1v) is 1.80. The van der Waals surface area contributed by atoms with Crippen molar-refractivity contribution in [3.63, 3.8) is 0 Å². The summed E-state index contributed by atoms with van der Waals surface area (Å²) in [5, 5.41) is 0. The summed E-state index contributed by atoms with van der Waals surface area (Å²) in [7, 11) is -2.62. The van der Waals surface area contributed by atoms with Crippen molar-refractivity contribution < 1.29 is 14.7 Å². The van der Waals surface area contributed by atoms with Gasteiger partial charge in [-0.1, -0.05) is 0 Å². The fourth-order valence-corrected chi connectivity index (χ4v) is 0. The molecule has 0 unspecified atom stereocenters. The molecule has 0 aliphatic rings. The van der Waals surface area contributed by atoms with Crippen LogP contribution in [-0.4, -0.2) is 59.3 Å². The van der Waals surface area contributed by atoms with E-state index in [0.29, 0.717) is 0 Å². The fraction of sp³-hybridized carbons (Fsp3) is 0. The molecular weight excluding hydrogens is 313 g/mol. The Morgan fingerprint density at radius 1 is 1.00 bits per heavy atom. The summed E-state index contributed by atoms with van der Waals surface area (Å²) in [4.78, 5) is 21.7. The summed E-state index contributed by atoms with van der Waals surface area (Å²) in [6.45, 7) is 0. The van der Waals surface area contributed by atoms with Crippen LogP contribution in [0.2, 0.25) is 0 Å². The van der Waals surface area contributed by atoms with E-state index in [1.54, 1.807) is 0 Å². The third-order valence-corrected chi connectivity index (χ3v) is 0. The van der Waals surface area contributed by atoms with Crippen LogP contribution in [0.1, 0.15) is 0 Å². The summed E-state index contributed by atoms with van der Waals surface area (Å²) in [6, 6.07) is 0. The molecule has 0 rings (SSSR count). The molecule has 0 saturated heterocycles. The Bertz CT molecular complexity index is 15.5. The average Bonchev–Trinajstić information content (AvgIpc) is 0.811. The van der Waals surface area contributed by atoms with Gasteiger partial charge in [-0.2, -0.15) is 0 Å². The van der Waals surface area contributed by atoms with Gasteiger partial charge >= 0.3 is 35.9 Å². The molecule has 3 N–H and O–H groups in total. The monoisotopic (exact) mass is 322 g/mol. The molecular formula is H8AlO3PPb. The molecule has 0 bridgehead atoms. The molecule has 0 aliphatic carbocycles. The van der Waals surface area contributed by atoms with Crippen LogP contribution in [0.25, 0.3) is 0 Å². The van der Waals surface area contributed by atoms with E-state index < -0.39 is 8.60 Å². The van der Waals surface area contributed by atoms with Crippen LogP contribution < -0.4 is 0 Å². The first-order valence-electron chi connectivity index (χ1n) is 0.600. The standard InChI is InChI=1S/Al.H3O3P.Pb.5H/c;1-4(2)3;;;;;;/h;1-3H;;;;;;. The van der Waals surface area contributed by atoms with Gasteiger partial charge in [0.1, 0.15) is 0 Å². The first kappa shape index (κ1) is 15.7. The van der Waals surface area contributed by atoms with E-state index in [4.69, 9.17) is 14.7 Å². The molecule has 6 heteroatoms. The van der Waals surface area contributed by atoms with Gasteiger partial charge in [-0.25, -0.2) is 0 Å². The summed E-state index contributed by atoms with van der Waals surface area (Å²) in [6.07, 6.45) is 0. The maximum atomic E-state index is 7.23. The Balaban J connectivity index is -0.0000000450. The van der Waals surface area contributed by atoms with Crippen molar-refractivity contribution in [3.8, 4) is 0 Å². The van der Waals surface area contributed by atoms with Crippen molar-refractivity contribution >= 4 is 53.3 Å². The van der Waals surface area contributed by atoms with E-state index in [2.05, 4.69) is 0 Å². The molecule has 0 heterocycles. The maximum absolute atomic E-state index is 7.23. The van der Waals surface area contributed by atoms with Gasteiger partial charge < -0.3 is 14.7 Å². The van der Waals surface area contributed by atoms with Crippen molar-refractivity contribution in [3.05, 3.63) is 0 Å². The minimum absolute atomic E-state index is 0. The third-order valence-electron chi connectivity index (χ3n) is 0. The van der Waals surface area contributed by atoms with Crippen LogP contribution in [0.5, 0.6) is 0 Å². The van der Waals surface area contributed by atoms with Crippen LogP contribution in [0.15, 0.2) is 0 Å². The quantitative estimate of drug-likeness (QED) is 0.331. The van der Waals surface area contributed by atoms with Crippen molar-refractivity contribution in [1.29, 1.82) is 0 Å². The van der Waals surface area contributed by atoms with Crippen molar-refractivity contribution in [2.75, 3.05) is 0 Å².